The van der Waals surface area contributed by atoms with Gasteiger partial charge in [-0.2, -0.15) is 0 Å². The number of carbonyl (C=O) groups excluding carboxylic acids is 3. The summed E-state index contributed by atoms with van der Waals surface area (Å²) >= 11 is 0. The van der Waals surface area contributed by atoms with Gasteiger partial charge in [-0.25, -0.2) is 0 Å². The van der Waals surface area contributed by atoms with Crippen LogP contribution in [0.15, 0.2) is 18.2 Å². The van der Waals surface area contributed by atoms with Crippen LogP contribution in [0, 0.1) is 19.8 Å². The lowest BCUT2D eigenvalue weighted by atomic mass is 10.0. The fourth-order valence-electron chi connectivity index (χ4n) is 4.08. The average molecular weight is 369 g/mol. The summed E-state index contributed by atoms with van der Waals surface area (Å²) in [6, 6.07) is 6.16. The molecule has 2 heterocycles. The van der Waals surface area contributed by atoms with Crippen LogP contribution >= 0.6 is 0 Å². The van der Waals surface area contributed by atoms with Gasteiger partial charge in [0.15, 0.2) is 0 Å². The molecule has 3 amide bonds. The van der Waals surface area contributed by atoms with Gasteiger partial charge in [0.1, 0.15) is 0 Å². The molecule has 144 valence electrons. The van der Waals surface area contributed by atoms with Crippen molar-refractivity contribution in [1.82, 2.24) is 14.7 Å². The molecule has 1 aromatic carbocycles. The van der Waals surface area contributed by atoms with Crippen molar-refractivity contribution in [3.8, 4) is 0 Å². The molecule has 27 heavy (non-hydrogen) atoms. The average Bonchev–Trinajstić information content (AvgIpc) is 3.44. The van der Waals surface area contributed by atoms with E-state index in [4.69, 9.17) is 0 Å². The number of carbonyl (C=O) groups is 3. The molecule has 1 aliphatic carbocycles. The second kappa shape index (κ2) is 6.98. The fourth-order valence-corrected chi connectivity index (χ4v) is 4.08. The summed E-state index contributed by atoms with van der Waals surface area (Å²) in [5.74, 6) is 0.0189. The van der Waals surface area contributed by atoms with Crippen LogP contribution in [-0.4, -0.2) is 71.2 Å². The first-order chi connectivity index (χ1) is 12.9. The van der Waals surface area contributed by atoms with Crippen molar-refractivity contribution >= 4 is 17.7 Å². The van der Waals surface area contributed by atoms with E-state index in [1.807, 2.05) is 46.7 Å². The maximum absolute atomic E-state index is 12.8. The van der Waals surface area contributed by atoms with Crippen molar-refractivity contribution < 1.29 is 14.4 Å². The molecule has 4 rings (SSSR count). The molecule has 0 spiro atoms. The normalized spacial score (nSPS) is 23.1. The van der Waals surface area contributed by atoms with Crippen molar-refractivity contribution in [2.24, 2.45) is 5.92 Å². The quantitative estimate of drug-likeness (QED) is 0.813. The Morgan fingerprint density at radius 1 is 0.963 bits per heavy atom. The second-order valence-electron chi connectivity index (χ2n) is 8.09. The first kappa shape index (κ1) is 18.0. The lowest BCUT2D eigenvalue weighted by Gasteiger charge is -2.36. The van der Waals surface area contributed by atoms with Crippen LogP contribution in [0.5, 0.6) is 0 Å². The summed E-state index contributed by atoms with van der Waals surface area (Å²) in [6.07, 6.45) is 2.50. The molecule has 3 aliphatic rings. The summed E-state index contributed by atoms with van der Waals surface area (Å²) in [5.41, 5.74) is 2.99. The van der Waals surface area contributed by atoms with Gasteiger partial charge in [0.25, 0.3) is 5.91 Å². The van der Waals surface area contributed by atoms with Crippen LogP contribution in [0.3, 0.4) is 0 Å². The molecule has 2 aliphatic heterocycles. The number of amides is 3. The van der Waals surface area contributed by atoms with Crippen molar-refractivity contribution in [3.63, 3.8) is 0 Å². The predicted octanol–water partition coefficient (Wildman–Crippen LogP) is 1.60. The van der Waals surface area contributed by atoms with Crippen molar-refractivity contribution in [2.45, 2.75) is 39.2 Å². The number of benzene rings is 1. The van der Waals surface area contributed by atoms with Crippen LogP contribution in [0.2, 0.25) is 0 Å². The summed E-state index contributed by atoms with van der Waals surface area (Å²) in [5, 5.41) is 0. The molecular weight excluding hydrogens is 342 g/mol. The predicted molar refractivity (Wildman–Crippen MR) is 101 cm³/mol. The van der Waals surface area contributed by atoms with Crippen molar-refractivity contribution in [3.05, 3.63) is 34.9 Å². The van der Waals surface area contributed by atoms with E-state index in [0.717, 1.165) is 18.4 Å². The number of likely N-dealkylation sites (tertiary alicyclic amines) is 1. The fraction of sp³-hybridized carbons (Fsp3) is 0.571. The number of hydrogen-bond acceptors (Lipinski definition) is 3. The Labute approximate surface area is 160 Å². The SMILES string of the molecule is Cc1ccc(C(=O)N2CCN(C(=O)C3CC(=O)N(C4CC4)C3)CC2)cc1C. The van der Waals surface area contributed by atoms with Gasteiger partial charge in [-0.3, -0.25) is 14.4 Å². The minimum atomic E-state index is -0.208. The molecule has 0 bridgehead atoms. The summed E-state index contributed by atoms with van der Waals surface area (Å²) in [6.45, 7) is 6.80. The van der Waals surface area contributed by atoms with Gasteiger partial charge in [0.05, 0.1) is 5.92 Å². The molecule has 1 atom stereocenters. The first-order valence-electron chi connectivity index (χ1n) is 9.89. The van der Waals surface area contributed by atoms with Crippen LogP contribution in [0.25, 0.3) is 0 Å². The highest BCUT2D eigenvalue weighted by molar-refractivity contribution is 5.95. The Balaban J connectivity index is 1.33. The van der Waals surface area contributed by atoms with Gasteiger partial charge in [-0.05, 0) is 49.9 Å². The first-order valence-corrected chi connectivity index (χ1v) is 9.89. The van der Waals surface area contributed by atoms with E-state index < -0.39 is 0 Å². The van der Waals surface area contributed by atoms with Gasteiger partial charge in [-0.1, -0.05) is 6.07 Å². The monoisotopic (exact) mass is 369 g/mol. The van der Waals surface area contributed by atoms with Gasteiger partial charge < -0.3 is 14.7 Å². The van der Waals surface area contributed by atoms with E-state index in [-0.39, 0.29) is 23.6 Å². The standard InChI is InChI=1S/C21H27N3O3/c1-14-3-4-16(11-15(14)2)20(26)22-7-9-23(10-8-22)21(27)17-12-19(25)24(13-17)18-5-6-18/h3-4,11,17-18H,5-10,12-13H2,1-2H3. The zero-order valence-corrected chi connectivity index (χ0v) is 16.1. The third-order valence-corrected chi connectivity index (χ3v) is 6.13. The van der Waals surface area contributed by atoms with Crippen LogP contribution in [0.1, 0.15) is 40.7 Å². The van der Waals surface area contributed by atoms with E-state index in [2.05, 4.69) is 0 Å². The molecule has 0 aromatic heterocycles. The molecule has 2 saturated heterocycles. The number of hydrogen-bond donors (Lipinski definition) is 0. The molecule has 6 nitrogen and oxygen atoms in total. The molecule has 0 N–H and O–H groups in total. The van der Waals surface area contributed by atoms with Crippen LogP contribution < -0.4 is 0 Å². The zero-order valence-electron chi connectivity index (χ0n) is 16.1. The molecule has 0 radical (unpaired) electrons. The third-order valence-electron chi connectivity index (χ3n) is 6.13. The van der Waals surface area contributed by atoms with Gasteiger partial charge in [0, 0.05) is 50.7 Å². The summed E-state index contributed by atoms with van der Waals surface area (Å²) < 4.78 is 0. The summed E-state index contributed by atoms with van der Waals surface area (Å²) in [7, 11) is 0. The van der Waals surface area contributed by atoms with Gasteiger partial charge in [0.2, 0.25) is 11.8 Å². The van der Waals surface area contributed by atoms with Crippen LogP contribution in [0.4, 0.5) is 0 Å². The molecule has 6 heteroatoms. The van der Waals surface area contributed by atoms with Gasteiger partial charge >= 0.3 is 0 Å². The Morgan fingerprint density at radius 3 is 2.26 bits per heavy atom. The smallest absolute Gasteiger partial charge is 0.253 e. The Morgan fingerprint density at radius 2 is 1.63 bits per heavy atom. The molecule has 1 saturated carbocycles. The Hall–Kier alpha value is -2.37. The topological polar surface area (TPSA) is 60.9 Å². The second-order valence-corrected chi connectivity index (χ2v) is 8.09. The van der Waals surface area contributed by atoms with E-state index >= 15 is 0 Å². The minimum absolute atomic E-state index is 0.0288. The molecule has 1 aromatic rings. The lowest BCUT2D eigenvalue weighted by Crippen LogP contribution is -2.52. The number of aryl methyl sites for hydroxylation is 2. The molecular formula is C21H27N3O3. The summed E-state index contributed by atoms with van der Waals surface area (Å²) in [4.78, 5) is 43.2. The number of nitrogens with zero attached hydrogens (tertiary/aromatic N) is 3. The highest BCUT2D eigenvalue weighted by Gasteiger charge is 2.43. The van der Waals surface area contributed by atoms with Crippen LogP contribution in [-0.2, 0) is 9.59 Å². The van der Waals surface area contributed by atoms with Gasteiger partial charge in [-0.15, -0.1) is 0 Å². The van der Waals surface area contributed by atoms with E-state index in [0.29, 0.717) is 50.7 Å². The largest absolute Gasteiger partial charge is 0.339 e. The molecule has 1 unspecified atom stereocenters. The highest BCUT2D eigenvalue weighted by Crippen LogP contribution is 2.33. The molecule has 3 fully saturated rings. The van der Waals surface area contributed by atoms with Crippen molar-refractivity contribution in [1.29, 1.82) is 0 Å². The highest BCUT2D eigenvalue weighted by atomic mass is 16.2. The van der Waals surface area contributed by atoms with Crippen molar-refractivity contribution in [2.75, 3.05) is 32.7 Å². The number of piperazine rings is 1. The van der Waals surface area contributed by atoms with E-state index in [1.165, 1.54) is 5.56 Å². The van der Waals surface area contributed by atoms with E-state index in [9.17, 15) is 14.4 Å². The maximum Gasteiger partial charge on any atom is 0.253 e. The Bertz CT molecular complexity index is 779. The van der Waals surface area contributed by atoms with E-state index in [1.54, 1.807) is 0 Å². The lowest BCUT2D eigenvalue weighted by molar-refractivity contribution is -0.137. The third kappa shape index (κ3) is 3.57. The zero-order chi connectivity index (χ0) is 19.1. The Kier molecular flexibility index (Phi) is 4.66. The number of rotatable bonds is 3. The minimum Gasteiger partial charge on any atom is -0.339 e. The maximum atomic E-state index is 12.8.